The molecule has 0 aromatic heterocycles. The first kappa shape index (κ1) is 19.1. The zero-order chi connectivity index (χ0) is 18.1. The number of hydrogen-bond donors (Lipinski definition) is 3. The molecule has 0 heterocycles. The van der Waals surface area contributed by atoms with Crippen molar-refractivity contribution in [1.29, 1.82) is 0 Å². The second kappa shape index (κ2) is 9.95. The van der Waals surface area contributed by atoms with E-state index in [0.29, 0.717) is 18.5 Å². The largest absolute Gasteiger partial charge is 0.396 e. The maximum Gasteiger partial charge on any atom is 0.267 e. The molecule has 6 heteroatoms. The van der Waals surface area contributed by atoms with Gasteiger partial charge in [0.15, 0.2) is 0 Å². The van der Waals surface area contributed by atoms with Crippen LogP contribution in [0.15, 0.2) is 60.3 Å². The van der Waals surface area contributed by atoms with Gasteiger partial charge in [-0.05, 0) is 52.8 Å². The van der Waals surface area contributed by atoms with E-state index in [1.54, 1.807) is 18.2 Å². The predicted octanol–water partition coefficient (Wildman–Crippen LogP) is 2.56. The maximum absolute atomic E-state index is 12.5. The van der Waals surface area contributed by atoms with E-state index in [1.165, 1.54) is 0 Å². The average molecular weight is 450 g/mol. The standard InChI is InChI=1S/C19H19IN2O3/c20-16-10-5-4-9-15(16)18(24)22-17(19(25)21-11-6-12-23)13-14-7-2-1-3-8-14/h1-5,7-10,13,23H,6,11-12H2,(H,21,25)(H,22,24). The summed E-state index contributed by atoms with van der Waals surface area (Å²) in [7, 11) is 0. The molecule has 0 aliphatic carbocycles. The number of nitrogens with one attached hydrogen (secondary N) is 2. The van der Waals surface area contributed by atoms with Gasteiger partial charge in [0, 0.05) is 16.7 Å². The summed E-state index contributed by atoms with van der Waals surface area (Å²) < 4.78 is 0.803. The summed E-state index contributed by atoms with van der Waals surface area (Å²) in [5.41, 5.74) is 1.47. The molecule has 0 spiro atoms. The third-order valence-electron chi connectivity index (χ3n) is 3.34. The highest BCUT2D eigenvalue weighted by atomic mass is 127. The fraction of sp³-hybridized carbons (Fsp3) is 0.158. The smallest absolute Gasteiger partial charge is 0.267 e. The van der Waals surface area contributed by atoms with Gasteiger partial charge in [0.1, 0.15) is 5.70 Å². The predicted molar refractivity (Wildman–Crippen MR) is 106 cm³/mol. The first-order valence-corrected chi connectivity index (χ1v) is 8.91. The Labute approximate surface area is 160 Å². The average Bonchev–Trinajstić information content (AvgIpc) is 2.62. The molecule has 2 aromatic rings. The van der Waals surface area contributed by atoms with Crippen molar-refractivity contribution in [3.63, 3.8) is 0 Å². The van der Waals surface area contributed by atoms with Crippen LogP contribution in [-0.2, 0) is 4.79 Å². The summed E-state index contributed by atoms with van der Waals surface area (Å²) in [6, 6.07) is 16.4. The Morgan fingerprint density at radius 2 is 1.72 bits per heavy atom. The van der Waals surface area contributed by atoms with E-state index < -0.39 is 5.91 Å². The van der Waals surface area contributed by atoms with Crippen LogP contribution in [0.4, 0.5) is 0 Å². The molecule has 0 aliphatic rings. The minimum absolute atomic E-state index is 0.00736. The number of rotatable bonds is 7. The summed E-state index contributed by atoms with van der Waals surface area (Å²) in [6.07, 6.45) is 2.08. The number of carbonyl (C=O) groups is 2. The highest BCUT2D eigenvalue weighted by Gasteiger charge is 2.15. The number of benzene rings is 2. The molecule has 0 saturated heterocycles. The van der Waals surface area contributed by atoms with E-state index in [4.69, 9.17) is 5.11 Å². The Kier molecular flexibility index (Phi) is 7.62. The van der Waals surface area contributed by atoms with Crippen molar-refractivity contribution < 1.29 is 14.7 Å². The zero-order valence-electron chi connectivity index (χ0n) is 13.5. The van der Waals surface area contributed by atoms with Crippen LogP contribution in [-0.4, -0.2) is 30.1 Å². The van der Waals surface area contributed by atoms with Crippen molar-refractivity contribution in [3.05, 3.63) is 75.0 Å². The van der Waals surface area contributed by atoms with Crippen molar-refractivity contribution >= 4 is 40.5 Å². The Bertz CT molecular complexity index is 760. The van der Waals surface area contributed by atoms with Crippen LogP contribution in [0.25, 0.3) is 6.08 Å². The highest BCUT2D eigenvalue weighted by Crippen LogP contribution is 2.12. The summed E-state index contributed by atoms with van der Waals surface area (Å²) in [5, 5.41) is 14.2. The van der Waals surface area contributed by atoms with Crippen LogP contribution in [0.5, 0.6) is 0 Å². The van der Waals surface area contributed by atoms with Crippen LogP contribution in [0.2, 0.25) is 0 Å². The third-order valence-corrected chi connectivity index (χ3v) is 4.28. The minimum atomic E-state index is -0.392. The Morgan fingerprint density at radius 3 is 2.40 bits per heavy atom. The van der Waals surface area contributed by atoms with Gasteiger partial charge in [-0.2, -0.15) is 0 Å². The minimum Gasteiger partial charge on any atom is -0.396 e. The number of halogens is 1. The second-order valence-corrected chi connectivity index (χ2v) is 6.40. The van der Waals surface area contributed by atoms with Crippen molar-refractivity contribution in [1.82, 2.24) is 10.6 Å². The molecule has 0 atom stereocenters. The molecule has 2 aromatic carbocycles. The molecular formula is C19H19IN2O3. The van der Waals surface area contributed by atoms with Gasteiger partial charge < -0.3 is 15.7 Å². The number of carbonyl (C=O) groups excluding carboxylic acids is 2. The van der Waals surface area contributed by atoms with Gasteiger partial charge in [0.25, 0.3) is 11.8 Å². The van der Waals surface area contributed by atoms with Gasteiger partial charge in [-0.15, -0.1) is 0 Å². The van der Waals surface area contributed by atoms with Crippen LogP contribution in [0, 0.1) is 3.57 Å². The number of amides is 2. The lowest BCUT2D eigenvalue weighted by Gasteiger charge is -2.11. The Hall–Kier alpha value is -2.19. The van der Waals surface area contributed by atoms with E-state index in [2.05, 4.69) is 33.2 Å². The number of aliphatic hydroxyl groups excluding tert-OH is 1. The monoisotopic (exact) mass is 450 g/mol. The molecule has 2 rings (SSSR count). The van der Waals surface area contributed by atoms with E-state index in [9.17, 15) is 9.59 Å². The second-order valence-electron chi connectivity index (χ2n) is 5.24. The molecule has 0 radical (unpaired) electrons. The summed E-state index contributed by atoms with van der Waals surface area (Å²) >= 11 is 2.08. The number of aliphatic hydroxyl groups is 1. The van der Waals surface area contributed by atoms with Gasteiger partial charge in [0.05, 0.1) is 5.56 Å². The van der Waals surface area contributed by atoms with Gasteiger partial charge in [-0.1, -0.05) is 42.5 Å². The first-order chi connectivity index (χ1) is 12.1. The van der Waals surface area contributed by atoms with Crippen LogP contribution >= 0.6 is 22.6 Å². The van der Waals surface area contributed by atoms with Crippen molar-refractivity contribution in [3.8, 4) is 0 Å². The Balaban J connectivity index is 2.22. The van der Waals surface area contributed by atoms with E-state index in [0.717, 1.165) is 9.13 Å². The van der Waals surface area contributed by atoms with Crippen LogP contribution in [0.3, 0.4) is 0 Å². The molecule has 0 fully saturated rings. The van der Waals surface area contributed by atoms with Crippen molar-refractivity contribution in [2.24, 2.45) is 0 Å². The summed E-state index contributed by atoms with van der Waals surface area (Å²) in [4.78, 5) is 24.9. The maximum atomic E-state index is 12.5. The van der Waals surface area contributed by atoms with Gasteiger partial charge in [0.2, 0.25) is 0 Å². The van der Waals surface area contributed by atoms with Crippen molar-refractivity contribution in [2.75, 3.05) is 13.2 Å². The molecule has 0 unspecified atom stereocenters. The van der Waals surface area contributed by atoms with Crippen LogP contribution in [0.1, 0.15) is 22.3 Å². The van der Waals surface area contributed by atoms with E-state index in [1.807, 2.05) is 42.5 Å². The number of hydrogen-bond acceptors (Lipinski definition) is 3. The molecule has 0 bridgehead atoms. The van der Waals surface area contributed by atoms with Crippen LogP contribution < -0.4 is 10.6 Å². The lowest BCUT2D eigenvalue weighted by molar-refractivity contribution is -0.117. The third kappa shape index (κ3) is 5.99. The quantitative estimate of drug-likeness (QED) is 0.345. The molecule has 0 saturated carbocycles. The summed E-state index contributed by atoms with van der Waals surface area (Å²) in [5.74, 6) is -0.735. The van der Waals surface area contributed by atoms with Gasteiger partial charge in [-0.3, -0.25) is 9.59 Å². The Morgan fingerprint density at radius 1 is 1.04 bits per heavy atom. The van der Waals surface area contributed by atoms with E-state index in [-0.39, 0.29) is 18.2 Å². The lowest BCUT2D eigenvalue weighted by Crippen LogP contribution is -2.35. The molecule has 3 N–H and O–H groups in total. The van der Waals surface area contributed by atoms with Gasteiger partial charge in [-0.25, -0.2) is 0 Å². The molecule has 5 nitrogen and oxygen atoms in total. The normalized spacial score (nSPS) is 11.0. The SMILES string of the molecule is O=C(NCCCO)C(=Cc1ccccc1)NC(=O)c1ccccc1I. The molecule has 2 amide bonds. The highest BCUT2D eigenvalue weighted by molar-refractivity contribution is 14.1. The zero-order valence-corrected chi connectivity index (χ0v) is 15.7. The molecule has 130 valence electrons. The molecular weight excluding hydrogens is 431 g/mol. The lowest BCUT2D eigenvalue weighted by atomic mass is 10.1. The van der Waals surface area contributed by atoms with Gasteiger partial charge >= 0.3 is 0 Å². The topological polar surface area (TPSA) is 78.4 Å². The van der Waals surface area contributed by atoms with Crippen molar-refractivity contribution in [2.45, 2.75) is 6.42 Å². The fourth-order valence-corrected chi connectivity index (χ4v) is 2.72. The summed E-state index contributed by atoms with van der Waals surface area (Å²) in [6.45, 7) is 0.326. The fourth-order valence-electron chi connectivity index (χ4n) is 2.09. The first-order valence-electron chi connectivity index (χ1n) is 7.83. The molecule has 25 heavy (non-hydrogen) atoms. The molecule has 0 aliphatic heterocycles. The van der Waals surface area contributed by atoms with E-state index >= 15 is 0 Å².